The molecule has 1 aromatic carbocycles. The molecule has 1 saturated heterocycles. The van der Waals surface area contributed by atoms with Crippen molar-refractivity contribution in [2.45, 2.75) is 18.9 Å². The Morgan fingerprint density at radius 2 is 2.44 bits per heavy atom. The number of methoxy groups -OCH3 is 1. The van der Waals surface area contributed by atoms with Crippen molar-refractivity contribution in [2.75, 3.05) is 31.3 Å². The van der Waals surface area contributed by atoms with Crippen LogP contribution in [0.2, 0.25) is 0 Å². The lowest BCUT2D eigenvalue weighted by Crippen LogP contribution is -2.20. The molecule has 0 radical (unpaired) electrons. The fourth-order valence-corrected chi connectivity index (χ4v) is 2.02. The van der Waals surface area contributed by atoms with Crippen LogP contribution in [0, 0.1) is 0 Å². The number of carbonyl (C=O) groups is 1. The van der Waals surface area contributed by atoms with Gasteiger partial charge < -0.3 is 20.5 Å². The van der Waals surface area contributed by atoms with Crippen LogP contribution in [0.5, 0.6) is 0 Å². The molecular formula is C13H18N2O3. The van der Waals surface area contributed by atoms with Crippen LogP contribution in [0.4, 0.5) is 11.4 Å². The van der Waals surface area contributed by atoms with Crippen molar-refractivity contribution < 1.29 is 14.3 Å². The standard InChI is InChI=1S/C13H18N2O3/c1-17-13(16)11-7-9(14)4-5-12(11)15-8-10-3-2-6-18-10/h4-5,7,10,15H,2-3,6,8,14H2,1H3. The summed E-state index contributed by atoms with van der Waals surface area (Å²) in [6, 6.07) is 5.16. The maximum absolute atomic E-state index is 11.6. The summed E-state index contributed by atoms with van der Waals surface area (Å²) in [6.45, 7) is 1.51. The number of ether oxygens (including phenoxy) is 2. The lowest BCUT2D eigenvalue weighted by Gasteiger charge is -2.14. The Hall–Kier alpha value is -1.75. The monoisotopic (exact) mass is 250 g/mol. The maximum atomic E-state index is 11.6. The van der Waals surface area contributed by atoms with Gasteiger partial charge in [0.15, 0.2) is 0 Å². The van der Waals surface area contributed by atoms with Crippen molar-refractivity contribution in [3.63, 3.8) is 0 Å². The van der Waals surface area contributed by atoms with Gasteiger partial charge in [0.2, 0.25) is 0 Å². The van der Waals surface area contributed by atoms with E-state index in [1.807, 2.05) is 0 Å². The largest absolute Gasteiger partial charge is 0.465 e. The number of anilines is 2. The molecular weight excluding hydrogens is 232 g/mol. The van der Waals surface area contributed by atoms with Gasteiger partial charge in [0, 0.05) is 24.5 Å². The Bertz CT molecular complexity index is 428. The first-order valence-corrected chi connectivity index (χ1v) is 6.04. The molecule has 1 aliphatic rings. The van der Waals surface area contributed by atoms with Crippen molar-refractivity contribution in [3.05, 3.63) is 23.8 Å². The summed E-state index contributed by atoms with van der Waals surface area (Å²) in [5.74, 6) is -0.392. The zero-order valence-electron chi connectivity index (χ0n) is 10.4. The van der Waals surface area contributed by atoms with Gasteiger partial charge in [-0.3, -0.25) is 0 Å². The van der Waals surface area contributed by atoms with E-state index in [2.05, 4.69) is 5.32 Å². The Balaban J connectivity index is 2.08. The first-order chi connectivity index (χ1) is 8.70. The molecule has 0 saturated carbocycles. The molecule has 1 atom stereocenters. The van der Waals surface area contributed by atoms with Crippen LogP contribution in [0.3, 0.4) is 0 Å². The molecule has 5 heteroatoms. The molecule has 0 bridgehead atoms. The van der Waals surface area contributed by atoms with E-state index >= 15 is 0 Å². The zero-order valence-corrected chi connectivity index (χ0v) is 10.4. The Labute approximate surface area is 106 Å². The fraction of sp³-hybridized carbons (Fsp3) is 0.462. The van der Waals surface area contributed by atoms with Gasteiger partial charge in [-0.1, -0.05) is 0 Å². The lowest BCUT2D eigenvalue weighted by molar-refractivity contribution is 0.0601. The van der Waals surface area contributed by atoms with Crippen molar-refractivity contribution in [3.8, 4) is 0 Å². The quantitative estimate of drug-likeness (QED) is 0.628. The predicted molar refractivity (Wildman–Crippen MR) is 69.7 cm³/mol. The molecule has 0 spiro atoms. The Morgan fingerprint density at radius 3 is 3.11 bits per heavy atom. The highest BCUT2D eigenvalue weighted by atomic mass is 16.5. The number of benzene rings is 1. The van der Waals surface area contributed by atoms with Gasteiger partial charge in [0.25, 0.3) is 0 Å². The number of nitrogen functional groups attached to an aromatic ring is 1. The molecule has 1 aromatic rings. The van der Waals surface area contributed by atoms with Crippen LogP contribution in [0.15, 0.2) is 18.2 Å². The molecule has 5 nitrogen and oxygen atoms in total. The average Bonchev–Trinajstić information content (AvgIpc) is 2.89. The molecule has 1 aliphatic heterocycles. The SMILES string of the molecule is COC(=O)c1cc(N)ccc1NCC1CCCO1. The molecule has 18 heavy (non-hydrogen) atoms. The first kappa shape index (κ1) is 12.7. The highest BCUT2D eigenvalue weighted by molar-refractivity contribution is 5.96. The lowest BCUT2D eigenvalue weighted by atomic mass is 10.1. The molecule has 1 fully saturated rings. The van der Waals surface area contributed by atoms with Crippen LogP contribution in [0.25, 0.3) is 0 Å². The fourth-order valence-electron chi connectivity index (χ4n) is 2.02. The van der Waals surface area contributed by atoms with E-state index < -0.39 is 5.97 Å². The van der Waals surface area contributed by atoms with Crippen molar-refractivity contribution in [2.24, 2.45) is 0 Å². The van der Waals surface area contributed by atoms with Gasteiger partial charge in [-0.15, -0.1) is 0 Å². The Morgan fingerprint density at radius 1 is 1.61 bits per heavy atom. The summed E-state index contributed by atoms with van der Waals surface area (Å²) in [5, 5.41) is 3.22. The highest BCUT2D eigenvalue weighted by Gasteiger charge is 2.17. The molecule has 0 aromatic heterocycles. The van der Waals surface area contributed by atoms with Crippen molar-refractivity contribution >= 4 is 17.3 Å². The molecule has 98 valence electrons. The van der Waals surface area contributed by atoms with E-state index in [0.29, 0.717) is 17.8 Å². The van der Waals surface area contributed by atoms with Crippen molar-refractivity contribution in [1.82, 2.24) is 0 Å². The number of nitrogens with two attached hydrogens (primary N) is 1. The molecule has 2 rings (SSSR count). The minimum absolute atomic E-state index is 0.216. The molecule has 1 heterocycles. The van der Waals surface area contributed by atoms with Crippen LogP contribution in [-0.2, 0) is 9.47 Å². The third kappa shape index (κ3) is 2.92. The normalized spacial score (nSPS) is 18.6. The average molecular weight is 250 g/mol. The van der Waals surface area contributed by atoms with Crippen LogP contribution in [-0.4, -0.2) is 32.3 Å². The van der Waals surface area contributed by atoms with Gasteiger partial charge in [-0.25, -0.2) is 4.79 Å². The number of hydrogen-bond donors (Lipinski definition) is 2. The number of esters is 1. The smallest absolute Gasteiger partial charge is 0.340 e. The predicted octanol–water partition coefficient (Wildman–Crippen LogP) is 1.65. The van der Waals surface area contributed by atoms with Gasteiger partial charge in [0.1, 0.15) is 0 Å². The van der Waals surface area contributed by atoms with E-state index in [1.54, 1.807) is 18.2 Å². The summed E-state index contributed by atoms with van der Waals surface area (Å²) < 4.78 is 10.3. The molecule has 1 unspecified atom stereocenters. The van der Waals surface area contributed by atoms with Crippen molar-refractivity contribution in [1.29, 1.82) is 0 Å². The minimum Gasteiger partial charge on any atom is -0.465 e. The number of hydrogen-bond acceptors (Lipinski definition) is 5. The highest BCUT2D eigenvalue weighted by Crippen LogP contribution is 2.21. The van der Waals surface area contributed by atoms with Gasteiger partial charge in [0.05, 0.1) is 18.8 Å². The summed E-state index contributed by atoms with van der Waals surface area (Å²) in [4.78, 5) is 11.6. The molecule has 3 N–H and O–H groups in total. The van der Waals surface area contributed by atoms with E-state index in [9.17, 15) is 4.79 Å². The summed E-state index contributed by atoms with van der Waals surface area (Å²) in [5.41, 5.74) is 7.40. The summed E-state index contributed by atoms with van der Waals surface area (Å²) in [6.07, 6.45) is 2.36. The topological polar surface area (TPSA) is 73.6 Å². The van der Waals surface area contributed by atoms with Gasteiger partial charge in [-0.2, -0.15) is 0 Å². The van der Waals surface area contributed by atoms with E-state index in [4.69, 9.17) is 15.2 Å². The summed E-state index contributed by atoms with van der Waals surface area (Å²) in [7, 11) is 1.36. The van der Waals surface area contributed by atoms with E-state index in [-0.39, 0.29) is 6.10 Å². The second kappa shape index (κ2) is 5.73. The second-order valence-corrected chi connectivity index (χ2v) is 4.31. The maximum Gasteiger partial charge on any atom is 0.340 e. The minimum atomic E-state index is -0.392. The third-order valence-corrected chi connectivity index (χ3v) is 2.99. The first-order valence-electron chi connectivity index (χ1n) is 6.04. The second-order valence-electron chi connectivity index (χ2n) is 4.31. The summed E-state index contributed by atoms with van der Waals surface area (Å²) >= 11 is 0. The third-order valence-electron chi connectivity index (χ3n) is 2.99. The van der Waals surface area contributed by atoms with Gasteiger partial charge >= 0.3 is 5.97 Å². The van der Waals surface area contributed by atoms with Crippen LogP contribution in [0.1, 0.15) is 23.2 Å². The number of rotatable bonds is 4. The van der Waals surface area contributed by atoms with E-state index in [1.165, 1.54) is 7.11 Å². The van der Waals surface area contributed by atoms with E-state index in [0.717, 1.165) is 25.1 Å². The van der Waals surface area contributed by atoms with Gasteiger partial charge in [-0.05, 0) is 31.0 Å². The molecule has 0 amide bonds. The van der Waals surface area contributed by atoms with Crippen LogP contribution >= 0.6 is 0 Å². The number of carbonyl (C=O) groups excluding carboxylic acids is 1. The van der Waals surface area contributed by atoms with Crippen LogP contribution < -0.4 is 11.1 Å². The molecule has 0 aliphatic carbocycles. The Kier molecular flexibility index (Phi) is 4.04. The number of nitrogens with one attached hydrogen (secondary N) is 1. The zero-order chi connectivity index (χ0) is 13.0.